The van der Waals surface area contributed by atoms with Gasteiger partial charge in [-0.25, -0.2) is 27.7 Å². The van der Waals surface area contributed by atoms with Crippen molar-refractivity contribution in [3.8, 4) is 6.01 Å². The van der Waals surface area contributed by atoms with Gasteiger partial charge in [-0.2, -0.15) is 4.98 Å². The van der Waals surface area contributed by atoms with Gasteiger partial charge in [0.25, 0.3) is 5.56 Å². The van der Waals surface area contributed by atoms with Gasteiger partial charge < -0.3 is 4.74 Å². The Morgan fingerprint density at radius 1 is 1.03 bits per heavy atom. The Morgan fingerprint density at radius 3 is 2.39 bits per heavy atom. The van der Waals surface area contributed by atoms with E-state index in [9.17, 15) is 27.2 Å². The molecule has 0 fully saturated rings. The van der Waals surface area contributed by atoms with E-state index >= 15 is 0 Å². The summed E-state index contributed by atoms with van der Waals surface area (Å²) >= 11 is 1.11. The molecule has 0 saturated heterocycles. The molecule has 0 aliphatic rings. The molecule has 0 unspecified atom stereocenters. The molecule has 0 aliphatic carbocycles. The second-order valence-corrected chi connectivity index (χ2v) is 10.9. The minimum absolute atomic E-state index is 0.00381. The maximum absolute atomic E-state index is 13.2. The Balaban J connectivity index is 1.36. The molecule has 4 rings (SSSR count). The first kappa shape index (κ1) is 27.2. The first-order valence-corrected chi connectivity index (χ1v) is 14.0. The number of aryl methyl sites for hydroxylation is 1. The van der Waals surface area contributed by atoms with Crippen LogP contribution in [0.4, 0.5) is 4.39 Å². The summed E-state index contributed by atoms with van der Waals surface area (Å²) < 4.78 is 42.7. The van der Waals surface area contributed by atoms with Crippen LogP contribution in [0, 0.1) is 5.82 Å². The van der Waals surface area contributed by atoms with Gasteiger partial charge in [0.15, 0.2) is 5.65 Å². The first-order chi connectivity index (χ1) is 18.1. The average Bonchev–Trinajstić information content (AvgIpc) is 3.35. The van der Waals surface area contributed by atoms with Crippen LogP contribution in [-0.4, -0.2) is 34.7 Å². The van der Waals surface area contributed by atoms with E-state index in [1.54, 1.807) is 12.1 Å². The van der Waals surface area contributed by atoms with E-state index in [1.165, 1.54) is 34.3 Å². The van der Waals surface area contributed by atoms with Crippen LogP contribution in [0.15, 0.2) is 63.7 Å². The van der Waals surface area contributed by atoms with Crippen LogP contribution in [0.1, 0.15) is 41.6 Å². The highest BCUT2D eigenvalue weighted by molar-refractivity contribution is 7.89. The standard InChI is InChI=1S/C25H23FN4O6S2/c26-18-10-8-17(9-11-18)24(33)36-25-29-22-21(37-15-28-22)23(32)30(25)14-2-5-19(31)4-1-3-16-6-12-20(13-7-16)38(27,34)35/h6-13,15H,1-5,14H2,(H2,27,34,35). The number of nitrogens with zero attached hydrogens (tertiary/aromatic N) is 3. The predicted molar refractivity (Wildman–Crippen MR) is 138 cm³/mol. The zero-order chi connectivity index (χ0) is 27.3. The molecular weight excluding hydrogens is 535 g/mol. The van der Waals surface area contributed by atoms with Crippen LogP contribution in [0.25, 0.3) is 10.3 Å². The number of ketones is 1. The lowest BCUT2D eigenvalue weighted by atomic mass is 10.0. The third-order valence-electron chi connectivity index (χ3n) is 5.69. The molecule has 38 heavy (non-hydrogen) atoms. The molecule has 10 nitrogen and oxygen atoms in total. The number of primary sulfonamides is 1. The van der Waals surface area contributed by atoms with Crippen LogP contribution in [0.3, 0.4) is 0 Å². The van der Waals surface area contributed by atoms with Crippen molar-refractivity contribution in [2.45, 2.75) is 43.5 Å². The van der Waals surface area contributed by atoms with Gasteiger partial charge in [-0.15, -0.1) is 11.3 Å². The number of thiazole rings is 1. The van der Waals surface area contributed by atoms with Crippen molar-refractivity contribution < 1.29 is 27.1 Å². The molecular formula is C25H23FN4O6S2. The average molecular weight is 559 g/mol. The van der Waals surface area contributed by atoms with Crippen molar-refractivity contribution in [1.29, 1.82) is 0 Å². The SMILES string of the molecule is NS(=O)(=O)c1ccc(CCCC(=O)CCCn2c(OC(=O)c3ccc(F)cc3)nc3ncsc3c2=O)cc1. The molecule has 0 radical (unpaired) electrons. The number of fused-ring (bicyclic) bond motifs is 1. The Bertz CT molecular complexity index is 1630. The topological polar surface area (TPSA) is 151 Å². The third-order valence-corrected chi connectivity index (χ3v) is 7.43. The van der Waals surface area contributed by atoms with Crippen molar-refractivity contribution in [3.63, 3.8) is 0 Å². The van der Waals surface area contributed by atoms with E-state index in [0.717, 1.165) is 29.0 Å². The van der Waals surface area contributed by atoms with E-state index in [4.69, 9.17) is 9.88 Å². The lowest BCUT2D eigenvalue weighted by molar-refractivity contribution is -0.119. The minimum atomic E-state index is -3.75. The van der Waals surface area contributed by atoms with Gasteiger partial charge in [0, 0.05) is 19.4 Å². The van der Waals surface area contributed by atoms with Gasteiger partial charge >= 0.3 is 12.0 Å². The fourth-order valence-electron chi connectivity index (χ4n) is 3.72. The molecule has 2 heterocycles. The quantitative estimate of drug-likeness (QED) is 0.276. The van der Waals surface area contributed by atoms with E-state index < -0.39 is 27.4 Å². The van der Waals surface area contributed by atoms with Gasteiger partial charge in [0.1, 0.15) is 16.3 Å². The molecule has 0 spiro atoms. The van der Waals surface area contributed by atoms with Crippen molar-refractivity contribution in [3.05, 3.63) is 81.3 Å². The van der Waals surface area contributed by atoms with Crippen LogP contribution in [0.2, 0.25) is 0 Å². The normalized spacial score (nSPS) is 11.5. The minimum Gasteiger partial charge on any atom is -0.388 e. The highest BCUT2D eigenvalue weighted by Crippen LogP contribution is 2.18. The van der Waals surface area contributed by atoms with Crippen molar-refractivity contribution >= 4 is 43.5 Å². The number of esters is 1. The van der Waals surface area contributed by atoms with E-state index in [2.05, 4.69) is 9.97 Å². The van der Waals surface area contributed by atoms with Crippen LogP contribution in [-0.2, 0) is 27.8 Å². The van der Waals surface area contributed by atoms with Crippen LogP contribution in [0.5, 0.6) is 6.01 Å². The fraction of sp³-hybridized carbons (Fsp3) is 0.240. The largest absolute Gasteiger partial charge is 0.388 e. The monoisotopic (exact) mass is 558 g/mol. The van der Waals surface area contributed by atoms with Crippen molar-refractivity contribution in [1.82, 2.24) is 14.5 Å². The molecule has 0 bridgehead atoms. The highest BCUT2D eigenvalue weighted by Gasteiger charge is 2.18. The van der Waals surface area contributed by atoms with Crippen LogP contribution < -0.4 is 15.4 Å². The molecule has 4 aromatic rings. The summed E-state index contributed by atoms with van der Waals surface area (Å²) in [4.78, 5) is 46.2. The smallest absolute Gasteiger partial charge is 0.345 e. The number of nitrogens with two attached hydrogens (primary N) is 1. The van der Waals surface area contributed by atoms with Gasteiger partial charge in [0.2, 0.25) is 10.0 Å². The van der Waals surface area contributed by atoms with Crippen molar-refractivity contribution in [2.24, 2.45) is 5.14 Å². The van der Waals surface area contributed by atoms with Crippen molar-refractivity contribution in [2.75, 3.05) is 0 Å². The van der Waals surface area contributed by atoms with Gasteiger partial charge in [-0.3, -0.25) is 14.2 Å². The second-order valence-electron chi connectivity index (χ2n) is 8.44. The van der Waals surface area contributed by atoms with Gasteiger partial charge in [-0.1, -0.05) is 12.1 Å². The summed E-state index contributed by atoms with van der Waals surface area (Å²) in [6.45, 7) is 0.0898. The molecule has 0 amide bonds. The first-order valence-electron chi connectivity index (χ1n) is 11.6. The summed E-state index contributed by atoms with van der Waals surface area (Å²) in [5.41, 5.74) is 2.13. The number of halogens is 1. The Labute approximate surface area is 221 Å². The number of hydrogen-bond donors (Lipinski definition) is 1. The number of rotatable bonds is 11. The Morgan fingerprint density at radius 2 is 1.71 bits per heavy atom. The summed E-state index contributed by atoms with van der Waals surface area (Å²) in [7, 11) is -3.75. The molecule has 0 saturated carbocycles. The Kier molecular flexibility index (Phi) is 8.39. The lowest BCUT2D eigenvalue weighted by Crippen LogP contribution is -2.25. The summed E-state index contributed by atoms with van der Waals surface area (Å²) in [5, 5.41) is 5.09. The lowest BCUT2D eigenvalue weighted by Gasteiger charge is -2.11. The number of aromatic nitrogens is 3. The van der Waals surface area contributed by atoms with E-state index in [1.807, 2.05) is 0 Å². The fourth-order valence-corrected chi connectivity index (χ4v) is 4.91. The van der Waals surface area contributed by atoms with Crippen LogP contribution >= 0.6 is 11.3 Å². The highest BCUT2D eigenvalue weighted by atomic mass is 32.2. The van der Waals surface area contributed by atoms with E-state index in [-0.39, 0.29) is 40.9 Å². The number of carbonyl (C=O) groups excluding carboxylic acids is 2. The zero-order valence-corrected chi connectivity index (χ0v) is 21.6. The predicted octanol–water partition coefficient (Wildman–Crippen LogP) is 3.23. The molecule has 2 aromatic carbocycles. The van der Waals surface area contributed by atoms with Gasteiger partial charge in [-0.05, 0) is 61.2 Å². The maximum atomic E-state index is 13.2. The third kappa shape index (κ3) is 6.73. The number of hydrogen-bond acceptors (Lipinski definition) is 9. The number of sulfonamides is 1. The summed E-state index contributed by atoms with van der Waals surface area (Å²) in [5.74, 6) is -1.32. The molecule has 2 aromatic heterocycles. The summed E-state index contributed by atoms with van der Waals surface area (Å²) in [6, 6.07) is 10.7. The number of benzene rings is 2. The maximum Gasteiger partial charge on any atom is 0.345 e. The Hall–Kier alpha value is -3.81. The molecule has 198 valence electrons. The van der Waals surface area contributed by atoms with E-state index in [0.29, 0.717) is 30.4 Å². The number of ether oxygens (including phenoxy) is 1. The zero-order valence-electron chi connectivity index (χ0n) is 20.0. The summed E-state index contributed by atoms with van der Waals surface area (Å²) in [6.07, 6.45) is 1.98. The number of Topliss-reactive ketones (excluding diaryl/α,β-unsaturated/α-hetero) is 1. The van der Waals surface area contributed by atoms with Gasteiger partial charge in [0.05, 0.1) is 16.0 Å². The molecule has 0 aliphatic heterocycles. The molecule has 13 heteroatoms. The second kappa shape index (κ2) is 11.7. The molecule has 0 atom stereocenters. The molecule has 2 N–H and O–H groups in total. The number of carbonyl (C=O) groups is 2.